The number of halogens is 1. The predicted octanol–water partition coefficient (Wildman–Crippen LogP) is 3.30. The number of aryl methyl sites for hydroxylation is 1. The number of nitrogen functional groups attached to an aromatic ring is 1. The summed E-state index contributed by atoms with van der Waals surface area (Å²) in [5, 5.41) is 2.85. The Labute approximate surface area is 120 Å². The third-order valence-electron chi connectivity index (χ3n) is 2.73. The van der Waals surface area contributed by atoms with Crippen LogP contribution in [0.4, 0.5) is 11.4 Å². The molecule has 0 bridgehead atoms. The molecule has 0 aromatic heterocycles. The zero-order chi connectivity index (χ0) is 13.8. The summed E-state index contributed by atoms with van der Waals surface area (Å²) >= 11 is 3.42. The molecule has 1 amide bonds. The van der Waals surface area contributed by atoms with Crippen LogP contribution in [0.15, 0.2) is 46.9 Å². The van der Waals surface area contributed by atoms with Gasteiger partial charge in [-0.1, -0.05) is 15.9 Å². The van der Waals surface area contributed by atoms with Crippen molar-refractivity contribution in [3.8, 4) is 0 Å². The van der Waals surface area contributed by atoms with E-state index >= 15 is 0 Å². The summed E-state index contributed by atoms with van der Waals surface area (Å²) in [4.78, 5) is 12.0. The van der Waals surface area contributed by atoms with Crippen molar-refractivity contribution >= 4 is 33.2 Å². The quantitative estimate of drug-likeness (QED) is 0.600. The standard InChI is InChI=1S/C14H14BrN3O/c1-9-8-12(6-7-13(9)15)17-14(19)10-2-4-11(18-16)5-3-10/h2-8,18H,16H2,1H3,(H,17,19). The van der Waals surface area contributed by atoms with Crippen LogP contribution in [0.1, 0.15) is 15.9 Å². The van der Waals surface area contributed by atoms with Gasteiger partial charge < -0.3 is 10.7 Å². The molecule has 19 heavy (non-hydrogen) atoms. The van der Waals surface area contributed by atoms with Crippen LogP contribution in [0.25, 0.3) is 0 Å². The number of anilines is 2. The molecular formula is C14H14BrN3O. The highest BCUT2D eigenvalue weighted by molar-refractivity contribution is 9.10. The van der Waals surface area contributed by atoms with Crippen molar-refractivity contribution < 1.29 is 4.79 Å². The Kier molecular flexibility index (Phi) is 4.19. The largest absolute Gasteiger partial charge is 0.324 e. The van der Waals surface area contributed by atoms with E-state index in [1.165, 1.54) is 0 Å². The lowest BCUT2D eigenvalue weighted by molar-refractivity contribution is 0.102. The van der Waals surface area contributed by atoms with Gasteiger partial charge in [0.25, 0.3) is 5.91 Å². The molecule has 98 valence electrons. The monoisotopic (exact) mass is 319 g/mol. The molecule has 0 saturated heterocycles. The van der Waals surface area contributed by atoms with E-state index < -0.39 is 0 Å². The van der Waals surface area contributed by atoms with Crippen LogP contribution in [-0.4, -0.2) is 5.91 Å². The Morgan fingerprint density at radius 2 is 1.74 bits per heavy atom. The van der Waals surface area contributed by atoms with E-state index in [1.807, 2.05) is 25.1 Å². The SMILES string of the molecule is Cc1cc(NC(=O)c2ccc(NN)cc2)ccc1Br. The Morgan fingerprint density at radius 3 is 2.32 bits per heavy atom. The lowest BCUT2D eigenvalue weighted by Crippen LogP contribution is -2.12. The fourth-order valence-corrected chi connectivity index (χ4v) is 1.89. The fraction of sp³-hybridized carbons (Fsp3) is 0.0714. The highest BCUT2D eigenvalue weighted by Gasteiger charge is 2.06. The number of amides is 1. The topological polar surface area (TPSA) is 67.2 Å². The summed E-state index contributed by atoms with van der Waals surface area (Å²) in [6.45, 7) is 1.97. The summed E-state index contributed by atoms with van der Waals surface area (Å²) in [7, 11) is 0. The van der Waals surface area contributed by atoms with Gasteiger partial charge in [-0.25, -0.2) is 0 Å². The minimum absolute atomic E-state index is 0.148. The van der Waals surface area contributed by atoms with E-state index in [2.05, 4.69) is 26.7 Å². The second kappa shape index (κ2) is 5.86. The molecule has 0 aliphatic heterocycles. The zero-order valence-corrected chi connectivity index (χ0v) is 12.0. The molecule has 0 fully saturated rings. The van der Waals surface area contributed by atoms with Crippen LogP contribution >= 0.6 is 15.9 Å². The minimum atomic E-state index is -0.148. The molecule has 4 nitrogen and oxygen atoms in total. The van der Waals surface area contributed by atoms with E-state index in [9.17, 15) is 4.79 Å². The smallest absolute Gasteiger partial charge is 0.255 e. The minimum Gasteiger partial charge on any atom is -0.324 e. The van der Waals surface area contributed by atoms with Crippen LogP contribution in [0, 0.1) is 6.92 Å². The third-order valence-corrected chi connectivity index (χ3v) is 3.62. The number of hydrazine groups is 1. The maximum Gasteiger partial charge on any atom is 0.255 e. The first-order valence-corrected chi connectivity index (χ1v) is 6.53. The molecule has 2 aromatic rings. The molecule has 5 heteroatoms. The molecule has 0 atom stereocenters. The second-order valence-electron chi connectivity index (χ2n) is 4.14. The van der Waals surface area contributed by atoms with E-state index in [0.29, 0.717) is 5.56 Å². The average molecular weight is 320 g/mol. The van der Waals surface area contributed by atoms with Gasteiger partial charge in [-0.05, 0) is 55.0 Å². The number of carbonyl (C=O) groups is 1. The molecule has 0 unspecified atom stereocenters. The van der Waals surface area contributed by atoms with Gasteiger partial charge >= 0.3 is 0 Å². The Hall–Kier alpha value is -1.85. The van der Waals surface area contributed by atoms with Crippen molar-refractivity contribution in [1.82, 2.24) is 0 Å². The molecular weight excluding hydrogens is 306 g/mol. The Balaban J connectivity index is 2.13. The maximum atomic E-state index is 12.0. The van der Waals surface area contributed by atoms with E-state index in [0.717, 1.165) is 21.4 Å². The summed E-state index contributed by atoms with van der Waals surface area (Å²) < 4.78 is 1.02. The first kappa shape index (κ1) is 13.6. The number of carbonyl (C=O) groups excluding carboxylic acids is 1. The highest BCUT2D eigenvalue weighted by atomic mass is 79.9. The number of benzene rings is 2. The van der Waals surface area contributed by atoms with E-state index in [4.69, 9.17) is 5.84 Å². The van der Waals surface area contributed by atoms with Gasteiger partial charge in [0.05, 0.1) is 0 Å². The fourth-order valence-electron chi connectivity index (χ4n) is 1.64. The normalized spacial score (nSPS) is 10.1. The molecule has 4 N–H and O–H groups in total. The van der Waals surface area contributed by atoms with Gasteiger partial charge in [0.2, 0.25) is 0 Å². The molecule has 0 aliphatic carbocycles. The Bertz CT molecular complexity index is 596. The van der Waals surface area contributed by atoms with E-state index in [-0.39, 0.29) is 5.91 Å². The van der Waals surface area contributed by atoms with Crippen molar-refractivity contribution in [3.05, 3.63) is 58.1 Å². The number of nitrogens with one attached hydrogen (secondary N) is 2. The molecule has 0 spiro atoms. The van der Waals surface area contributed by atoms with Crippen LogP contribution < -0.4 is 16.6 Å². The summed E-state index contributed by atoms with van der Waals surface area (Å²) in [5.41, 5.74) is 5.70. The molecule has 0 aliphatic rings. The van der Waals surface area contributed by atoms with Gasteiger partial charge in [-0.3, -0.25) is 10.6 Å². The maximum absolute atomic E-state index is 12.0. The van der Waals surface area contributed by atoms with Gasteiger partial charge in [-0.2, -0.15) is 0 Å². The van der Waals surface area contributed by atoms with Crippen molar-refractivity contribution in [2.24, 2.45) is 5.84 Å². The van der Waals surface area contributed by atoms with Gasteiger partial charge in [0, 0.05) is 21.4 Å². The van der Waals surface area contributed by atoms with Crippen LogP contribution in [0.5, 0.6) is 0 Å². The number of rotatable bonds is 3. The van der Waals surface area contributed by atoms with Gasteiger partial charge in [0.1, 0.15) is 0 Å². The van der Waals surface area contributed by atoms with Crippen molar-refractivity contribution in [1.29, 1.82) is 0 Å². The van der Waals surface area contributed by atoms with Crippen molar-refractivity contribution in [2.75, 3.05) is 10.7 Å². The lowest BCUT2D eigenvalue weighted by atomic mass is 10.1. The lowest BCUT2D eigenvalue weighted by Gasteiger charge is -2.07. The molecule has 0 radical (unpaired) electrons. The molecule has 0 saturated carbocycles. The summed E-state index contributed by atoms with van der Waals surface area (Å²) in [6, 6.07) is 12.6. The predicted molar refractivity (Wildman–Crippen MR) is 81.1 cm³/mol. The highest BCUT2D eigenvalue weighted by Crippen LogP contribution is 2.20. The summed E-state index contributed by atoms with van der Waals surface area (Å²) in [5.74, 6) is 5.13. The second-order valence-corrected chi connectivity index (χ2v) is 4.99. The average Bonchev–Trinajstić information content (AvgIpc) is 2.43. The van der Waals surface area contributed by atoms with Gasteiger partial charge in [0.15, 0.2) is 0 Å². The zero-order valence-electron chi connectivity index (χ0n) is 10.4. The van der Waals surface area contributed by atoms with Crippen molar-refractivity contribution in [2.45, 2.75) is 6.92 Å². The first-order valence-electron chi connectivity index (χ1n) is 5.74. The summed E-state index contributed by atoms with van der Waals surface area (Å²) in [6.07, 6.45) is 0. The van der Waals surface area contributed by atoms with Crippen molar-refractivity contribution in [3.63, 3.8) is 0 Å². The first-order chi connectivity index (χ1) is 9.10. The molecule has 2 aromatic carbocycles. The number of nitrogens with two attached hydrogens (primary N) is 1. The van der Waals surface area contributed by atoms with Crippen LogP contribution in [-0.2, 0) is 0 Å². The number of hydrogen-bond acceptors (Lipinski definition) is 3. The molecule has 2 rings (SSSR count). The molecule has 0 heterocycles. The van der Waals surface area contributed by atoms with Gasteiger partial charge in [-0.15, -0.1) is 0 Å². The third kappa shape index (κ3) is 3.33. The Morgan fingerprint density at radius 1 is 1.11 bits per heavy atom. The van der Waals surface area contributed by atoms with Crippen LogP contribution in [0.3, 0.4) is 0 Å². The van der Waals surface area contributed by atoms with E-state index in [1.54, 1.807) is 24.3 Å². The van der Waals surface area contributed by atoms with Crippen LogP contribution in [0.2, 0.25) is 0 Å². The number of hydrogen-bond donors (Lipinski definition) is 3.